The Balaban J connectivity index is 3.38. The molecule has 0 aliphatic rings. The largest absolute Gasteiger partial charge is 0.465 e. The standard InChI is InChI=1S/C6H5ClO5S2/c1-12-6(8)5-3(14(9,10)11)2-4(7)13-5/h2H,1H3,(H,9,10,11). The zero-order valence-electron chi connectivity index (χ0n) is 6.85. The monoisotopic (exact) mass is 256 g/mol. The first kappa shape index (κ1) is 11.4. The fourth-order valence-electron chi connectivity index (χ4n) is 0.772. The van der Waals surface area contributed by atoms with Crippen LogP contribution in [0.1, 0.15) is 9.67 Å². The Labute approximate surface area is 89.0 Å². The van der Waals surface area contributed by atoms with E-state index < -0.39 is 21.0 Å². The lowest BCUT2D eigenvalue weighted by Gasteiger charge is -1.97. The van der Waals surface area contributed by atoms with Crippen LogP contribution in [0.3, 0.4) is 0 Å². The number of carbonyl (C=O) groups excluding carboxylic acids is 1. The van der Waals surface area contributed by atoms with E-state index in [9.17, 15) is 13.2 Å². The maximum Gasteiger partial charge on any atom is 0.349 e. The lowest BCUT2D eigenvalue weighted by atomic mass is 10.5. The number of halogens is 1. The summed E-state index contributed by atoms with van der Waals surface area (Å²) in [4.78, 5) is 10.3. The first-order valence-corrected chi connectivity index (χ1v) is 5.85. The molecular formula is C6H5ClO5S2. The Morgan fingerprint density at radius 1 is 1.64 bits per heavy atom. The summed E-state index contributed by atoms with van der Waals surface area (Å²) >= 11 is 6.23. The van der Waals surface area contributed by atoms with Crippen molar-refractivity contribution in [2.75, 3.05) is 7.11 Å². The molecule has 0 saturated carbocycles. The Hall–Kier alpha value is -0.630. The van der Waals surface area contributed by atoms with Gasteiger partial charge in [0, 0.05) is 0 Å². The molecule has 5 nitrogen and oxygen atoms in total. The fourth-order valence-corrected chi connectivity index (χ4v) is 2.98. The van der Waals surface area contributed by atoms with Gasteiger partial charge < -0.3 is 4.74 Å². The average molecular weight is 257 g/mol. The van der Waals surface area contributed by atoms with E-state index in [1.54, 1.807) is 0 Å². The Morgan fingerprint density at radius 3 is 2.64 bits per heavy atom. The van der Waals surface area contributed by atoms with Crippen molar-refractivity contribution in [2.24, 2.45) is 0 Å². The second-order valence-electron chi connectivity index (χ2n) is 2.21. The van der Waals surface area contributed by atoms with E-state index in [0.717, 1.165) is 24.5 Å². The molecule has 8 heteroatoms. The first-order valence-electron chi connectivity index (χ1n) is 3.21. The highest BCUT2D eigenvalue weighted by Gasteiger charge is 2.24. The molecule has 0 bridgehead atoms. The molecule has 0 aliphatic heterocycles. The number of methoxy groups -OCH3 is 1. The van der Waals surface area contributed by atoms with Crippen LogP contribution >= 0.6 is 22.9 Å². The van der Waals surface area contributed by atoms with Gasteiger partial charge in [0.1, 0.15) is 9.77 Å². The fraction of sp³-hybridized carbons (Fsp3) is 0.167. The van der Waals surface area contributed by atoms with Crippen molar-refractivity contribution < 1.29 is 22.5 Å². The van der Waals surface area contributed by atoms with E-state index in [-0.39, 0.29) is 9.21 Å². The summed E-state index contributed by atoms with van der Waals surface area (Å²) in [7, 11) is -3.34. The quantitative estimate of drug-likeness (QED) is 0.640. The maximum atomic E-state index is 11.0. The van der Waals surface area contributed by atoms with Gasteiger partial charge in [-0.3, -0.25) is 4.55 Å². The zero-order valence-corrected chi connectivity index (χ0v) is 9.24. The van der Waals surface area contributed by atoms with Crippen molar-refractivity contribution in [3.63, 3.8) is 0 Å². The minimum atomic E-state index is -4.44. The van der Waals surface area contributed by atoms with E-state index in [1.165, 1.54) is 0 Å². The molecule has 78 valence electrons. The van der Waals surface area contributed by atoms with Crippen LogP contribution in [0, 0.1) is 0 Å². The van der Waals surface area contributed by atoms with Crippen molar-refractivity contribution >= 4 is 39.0 Å². The minimum Gasteiger partial charge on any atom is -0.465 e. The van der Waals surface area contributed by atoms with Gasteiger partial charge in [0.15, 0.2) is 0 Å². The number of rotatable bonds is 2. The van der Waals surface area contributed by atoms with Crippen LogP contribution in [0.25, 0.3) is 0 Å². The van der Waals surface area contributed by atoms with E-state index >= 15 is 0 Å². The summed E-state index contributed by atoms with van der Waals surface area (Å²) in [5, 5.41) is 0. The first-order chi connectivity index (χ1) is 6.36. The molecular weight excluding hydrogens is 252 g/mol. The minimum absolute atomic E-state index is 0.0815. The lowest BCUT2D eigenvalue weighted by Crippen LogP contribution is -2.06. The SMILES string of the molecule is COC(=O)c1sc(Cl)cc1S(=O)(=O)O. The van der Waals surface area contributed by atoms with Gasteiger partial charge in [-0.25, -0.2) is 4.79 Å². The topological polar surface area (TPSA) is 80.7 Å². The Kier molecular flexibility index (Phi) is 3.15. The van der Waals surface area contributed by atoms with E-state index in [0.29, 0.717) is 0 Å². The highest BCUT2D eigenvalue weighted by Crippen LogP contribution is 2.30. The summed E-state index contributed by atoms with van der Waals surface area (Å²) in [6.45, 7) is 0. The van der Waals surface area contributed by atoms with Crippen LogP contribution in [0.4, 0.5) is 0 Å². The van der Waals surface area contributed by atoms with Gasteiger partial charge in [-0.05, 0) is 6.07 Å². The number of esters is 1. The molecule has 1 aromatic heterocycles. The van der Waals surface area contributed by atoms with Gasteiger partial charge in [-0.15, -0.1) is 11.3 Å². The summed E-state index contributed by atoms with van der Waals surface area (Å²) < 4.78 is 34.7. The molecule has 0 amide bonds. The molecule has 1 aromatic rings. The molecule has 0 saturated heterocycles. The number of ether oxygens (including phenoxy) is 1. The Bertz CT molecular complexity index is 461. The molecule has 0 radical (unpaired) electrons. The van der Waals surface area contributed by atoms with Gasteiger partial charge in [0.25, 0.3) is 10.1 Å². The molecule has 1 rings (SSSR count). The van der Waals surface area contributed by atoms with E-state index in [1.807, 2.05) is 0 Å². The molecule has 0 unspecified atom stereocenters. The van der Waals surface area contributed by atoms with E-state index in [2.05, 4.69) is 4.74 Å². The van der Waals surface area contributed by atoms with E-state index in [4.69, 9.17) is 16.2 Å². The zero-order chi connectivity index (χ0) is 10.9. The summed E-state index contributed by atoms with van der Waals surface area (Å²) in [5.74, 6) is -0.852. The van der Waals surface area contributed by atoms with Crippen LogP contribution in [0.2, 0.25) is 4.34 Å². The third kappa shape index (κ3) is 2.24. The predicted octanol–water partition coefficient (Wildman–Crippen LogP) is 1.43. The maximum absolute atomic E-state index is 11.0. The van der Waals surface area contributed by atoms with Crippen molar-refractivity contribution in [1.29, 1.82) is 0 Å². The number of thiophene rings is 1. The lowest BCUT2D eigenvalue weighted by molar-refractivity contribution is 0.0602. The van der Waals surface area contributed by atoms with Gasteiger partial charge in [-0.2, -0.15) is 8.42 Å². The van der Waals surface area contributed by atoms with Crippen molar-refractivity contribution in [1.82, 2.24) is 0 Å². The van der Waals surface area contributed by atoms with Crippen LogP contribution in [0.15, 0.2) is 11.0 Å². The highest BCUT2D eigenvalue weighted by atomic mass is 35.5. The second kappa shape index (κ2) is 3.85. The Morgan fingerprint density at radius 2 is 2.21 bits per heavy atom. The van der Waals surface area contributed by atoms with Crippen molar-refractivity contribution in [2.45, 2.75) is 4.90 Å². The summed E-state index contributed by atoms with van der Waals surface area (Å²) in [6.07, 6.45) is 0. The highest BCUT2D eigenvalue weighted by molar-refractivity contribution is 7.86. The van der Waals surface area contributed by atoms with Gasteiger partial charge in [0.2, 0.25) is 0 Å². The average Bonchev–Trinajstić information content (AvgIpc) is 2.45. The second-order valence-corrected chi connectivity index (χ2v) is 5.28. The third-order valence-corrected chi connectivity index (χ3v) is 3.57. The van der Waals surface area contributed by atoms with Gasteiger partial charge >= 0.3 is 5.97 Å². The number of hydrogen-bond acceptors (Lipinski definition) is 5. The normalized spacial score (nSPS) is 11.4. The molecule has 14 heavy (non-hydrogen) atoms. The van der Waals surface area contributed by atoms with Gasteiger partial charge in [0.05, 0.1) is 11.4 Å². The van der Waals surface area contributed by atoms with Crippen molar-refractivity contribution in [3.8, 4) is 0 Å². The molecule has 0 aliphatic carbocycles. The van der Waals surface area contributed by atoms with Crippen LogP contribution < -0.4 is 0 Å². The summed E-state index contributed by atoms with van der Waals surface area (Å²) in [6, 6.07) is 0.994. The molecule has 1 N–H and O–H groups in total. The van der Waals surface area contributed by atoms with Gasteiger partial charge in [-0.1, -0.05) is 11.6 Å². The summed E-state index contributed by atoms with van der Waals surface area (Å²) in [5.41, 5.74) is 0. The molecule has 1 heterocycles. The molecule has 0 fully saturated rings. The smallest absolute Gasteiger partial charge is 0.349 e. The van der Waals surface area contributed by atoms with Crippen LogP contribution in [-0.2, 0) is 14.9 Å². The molecule has 0 spiro atoms. The molecule has 0 atom stereocenters. The third-order valence-electron chi connectivity index (χ3n) is 1.32. The number of carbonyl (C=O) groups is 1. The molecule has 0 aromatic carbocycles. The van der Waals surface area contributed by atoms with Crippen molar-refractivity contribution in [3.05, 3.63) is 15.3 Å². The van der Waals surface area contributed by atoms with Crippen LogP contribution in [-0.4, -0.2) is 26.0 Å². The predicted molar refractivity (Wildman–Crippen MR) is 50.5 cm³/mol. The van der Waals surface area contributed by atoms with Crippen LogP contribution in [0.5, 0.6) is 0 Å². The number of hydrogen-bond donors (Lipinski definition) is 1.